The van der Waals surface area contributed by atoms with Crippen LogP contribution in [0.5, 0.6) is 0 Å². The summed E-state index contributed by atoms with van der Waals surface area (Å²) in [6.45, 7) is 9.19. The average molecular weight is 428 g/mol. The van der Waals surface area contributed by atoms with Crippen LogP contribution in [0.4, 0.5) is 4.79 Å². The topological polar surface area (TPSA) is 73.2 Å². The van der Waals surface area contributed by atoms with E-state index in [1.165, 1.54) is 4.57 Å². The van der Waals surface area contributed by atoms with E-state index in [4.69, 9.17) is 16.3 Å². The van der Waals surface area contributed by atoms with E-state index in [1.807, 2.05) is 31.2 Å². The molecule has 1 N–H and O–H groups in total. The number of alkyl carbamates (subject to hydrolysis) is 1. The van der Waals surface area contributed by atoms with Gasteiger partial charge in [-0.1, -0.05) is 36.7 Å². The Kier molecular flexibility index (Phi) is 6.17. The molecule has 1 heterocycles. The summed E-state index contributed by atoms with van der Waals surface area (Å²) >= 11 is 6.33. The van der Waals surface area contributed by atoms with Crippen molar-refractivity contribution in [2.75, 3.05) is 0 Å². The number of halogens is 1. The molecule has 0 aliphatic carbocycles. The molecule has 0 aliphatic heterocycles. The molecular formula is C23H26ClN3O3. The standard InChI is InChI=1S/C23H26ClN3O3/c1-6-15-9-7-10-16(13-15)27-20(14(2)25-22(29)30-23(3,4)5)26-18-12-8-11-17(24)19(18)21(27)28/h7-14H,6H2,1-5H3,(H,25,29)/t14-/m0/s1. The van der Waals surface area contributed by atoms with Gasteiger partial charge in [0.1, 0.15) is 11.4 Å². The summed E-state index contributed by atoms with van der Waals surface area (Å²) in [6, 6.07) is 12.2. The third-order valence-electron chi connectivity index (χ3n) is 4.57. The van der Waals surface area contributed by atoms with Crippen LogP contribution >= 0.6 is 11.6 Å². The van der Waals surface area contributed by atoms with Gasteiger partial charge in [-0.25, -0.2) is 9.78 Å². The second-order valence-corrected chi connectivity index (χ2v) is 8.54. The van der Waals surface area contributed by atoms with Gasteiger partial charge in [-0.15, -0.1) is 0 Å². The molecule has 1 amide bonds. The molecule has 158 valence electrons. The number of benzene rings is 2. The Morgan fingerprint density at radius 3 is 2.60 bits per heavy atom. The highest BCUT2D eigenvalue weighted by atomic mass is 35.5. The number of hydrogen-bond donors (Lipinski definition) is 1. The van der Waals surface area contributed by atoms with Gasteiger partial charge in [-0.3, -0.25) is 9.36 Å². The molecule has 0 saturated carbocycles. The SMILES string of the molecule is CCc1cccc(-n2c([C@H](C)NC(=O)OC(C)(C)C)nc3cccc(Cl)c3c2=O)c1. The van der Waals surface area contributed by atoms with Crippen LogP contribution in [0.2, 0.25) is 5.02 Å². The van der Waals surface area contributed by atoms with Crippen molar-refractivity contribution < 1.29 is 9.53 Å². The average Bonchev–Trinajstić information content (AvgIpc) is 2.66. The minimum atomic E-state index is -0.636. The third-order valence-corrected chi connectivity index (χ3v) is 4.89. The molecule has 7 heteroatoms. The number of carbonyl (C=O) groups is 1. The number of nitrogens with one attached hydrogen (secondary N) is 1. The van der Waals surface area contributed by atoms with Crippen molar-refractivity contribution in [3.63, 3.8) is 0 Å². The highest BCUT2D eigenvalue weighted by Crippen LogP contribution is 2.23. The third kappa shape index (κ3) is 4.65. The van der Waals surface area contributed by atoms with E-state index in [0.29, 0.717) is 27.4 Å². The summed E-state index contributed by atoms with van der Waals surface area (Å²) in [6.07, 6.45) is 0.245. The zero-order valence-corrected chi connectivity index (χ0v) is 18.6. The number of aromatic nitrogens is 2. The molecule has 30 heavy (non-hydrogen) atoms. The number of ether oxygens (including phenoxy) is 1. The molecule has 0 unspecified atom stereocenters. The van der Waals surface area contributed by atoms with E-state index in [0.717, 1.165) is 12.0 Å². The molecule has 1 aromatic heterocycles. The lowest BCUT2D eigenvalue weighted by Gasteiger charge is -2.23. The van der Waals surface area contributed by atoms with Crippen LogP contribution in [0.15, 0.2) is 47.3 Å². The monoisotopic (exact) mass is 427 g/mol. The minimum absolute atomic E-state index is 0.285. The van der Waals surface area contributed by atoms with Gasteiger partial charge in [0.2, 0.25) is 0 Å². The van der Waals surface area contributed by atoms with Crippen LogP contribution in [0.3, 0.4) is 0 Å². The van der Waals surface area contributed by atoms with Crippen molar-refractivity contribution in [1.29, 1.82) is 0 Å². The Bertz CT molecular complexity index is 1150. The lowest BCUT2D eigenvalue weighted by molar-refractivity contribution is 0.0505. The highest BCUT2D eigenvalue weighted by molar-refractivity contribution is 6.35. The summed E-state index contributed by atoms with van der Waals surface area (Å²) in [5.74, 6) is 0.397. The normalized spacial score (nSPS) is 12.6. The molecule has 3 aromatic rings. The first-order valence-electron chi connectivity index (χ1n) is 9.90. The van der Waals surface area contributed by atoms with Crippen molar-refractivity contribution in [2.45, 2.75) is 52.7 Å². The first-order chi connectivity index (χ1) is 14.1. The van der Waals surface area contributed by atoms with E-state index in [1.54, 1.807) is 45.9 Å². The first-order valence-corrected chi connectivity index (χ1v) is 10.3. The second kappa shape index (κ2) is 8.48. The number of nitrogens with zero attached hydrogens (tertiary/aromatic N) is 2. The molecule has 6 nitrogen and oxygen atoms in total. The number of amides is 1. The van der Waals surface area contributed by atoms with Crippen LogP contribution in [0.25, 0.3) is 16.6 Å². The molecule has 0 spiro atoms. The Morgan fingerprint density at radius 1 is 1.23 bits per heavy atom. The Morgan fingerprint density at radius 2 is 1.93 bits per heavy atom. The fourth-order valence-corrected chi connectivity index (χ4v) is 3.46. The van der Waals surface area contributed by atoms with Gasteiger partial charge in [0.25, 0.3) is 5.56 Å². The number of fused-ring (bicyclic) bond motifs is 1. The first kappa shape index (κ1) is 21.8. The maximum absolute atomic E-state index is 13.5. The number of hydrogen-bond acceptors (Lipinski definition) is 4. The predicted molar refractivity (Wildman–Crippen MR) is 120 cm³/mol. The van der Waals surface area contributed by atoms with Gasteiger partial charge in [-0.2, -0.15) is 0 Å². The van der Waals surface area contributed by atoms with Crippen LogP contribution < -0.4 is 10.9 Å². The number of carbonyl (C=O) groups excluding carboxylic acids is 1. The fraction of sp³-hybridized carbons (Fsp3) is 0.348. The summed E-state index contributed by atoms with van der Waals surface area (Å²) in [5.41, 5.74) is 1.30. The zero-order chi connectivity index (χ0) is 22.1. The summed E-state index contributed by atoms with van der Waals surface area (Å²) in [4.78, 5) is 30.5. The Balaban J connectivity index is 2.19. The quantitative estimate of drug-likeness (QED) is 0.622. The summed E-state index contributed by atoms with van der Waals surface area (Å²) in [7, 11) is 0. The van der Waals surface area contributed by atoms with Gasteiger partial charge >= 0.3 is 6.09 Å². The van der Waals surface area contributed by atoms with Crippen molar-refractivity contribution in [1.82, 2.24) is 14.9 Å². The smallest absolute Gasteiger partial charge is 0.408 e. The van der Waals surface area contributed by atoms with Gasteiger partial charge in [0, 0.05) is 0 Å². The lowest BCUT2D eigenvalue weighted by Crippen LogP contribution is -2.37. The molecule has 2 aromatic carbocycles. The maximum Gasteiger partial charge on any atom is 0.408 e. The fourth-order valence-electron chi connectivity index (χ4n) is 3.21. The second-order valence-electron chi connectivity index (χ2n) is 8.14. The van der Waals surface area contributed by atoms with Crippen LogP contribution in [0, 0.1) is 0 Å². The zero-order valence-electron chi connectivity index (χ0n) is 17.8. The summed E-state index contributed by atoms with van der Waals surface area (Å²) < 4.78 is 6.87. The largest absolute Gasteiger partial charge is 0.444 e. The molecule has 0 fully saturated rings. The van der Waals surface area contributed by atoms with Crippen molar-refractivity contribution >= 4 is 28.6 Å². The van der Waals surface area contributed by atoms with E-state index < -0.39 is 17.7 Å². The van der Waals surface area contributed by atoms with E-state index in [-0.39, 0.29) is 5.56 Å². The minimum Gasteiger partial charge on any atom is -0.444 e. The molecule has 1 atom stereocenters. The molecule has 0 aliphatic rings. The van der Waals surface area contributed by atoms with E-state index in [9.17, 15) is 9.59 Å². The van der Waals surface area contributed by atoms with Gasteiger partial charge in [0.05, 0.1) is 27.7 Å². The molecule has 0 bridgehead atoms. The van der Waals surface area contributed by atoms with Gasteiger partial charge in [0.15, 0.2) is 0 Å². The number of aryl methyl sites for hydroxylation is 1. The molecule has 0 radical (unpaired) electrons. The van der Waals surface area contributed by atoms with Gasteiger partial charge < -0.3 is 10.1 Å². The Hall–Kier alpha value is -2.86. The highest BCUT2D eigenvalue weighted by Gasteiger charge is 2.23. The molecule has 3 rings (SSSR count). The van der Waals surface area contributed by atoms with Crippen LogP contribution in [-0.4, -0.2) is 21.2 Å². The van der Waals surface area contributed by atoms with Crippen LogP contribution in [0.1, 0.15) is 52.0 Å². The number of rotatable bonds is 4. The Labute approximate surface area is 180 Å². The van der Waals surface area contributed by atoms with E-state index in [2.05, 4.69) is 10.3 Å². The van der Waals surface area contributed by atoms with Crippen molar-refractivity contribution in [2.24, 2.45) is 0 Å². The van der Waals surface area contributed by atoms with E-state index >= 15 is 0 Å². The van der Waals surface area contributed by atoms with Crippen molar-refractivity contribution in [3.05, 3.63) is 69.2 Å². The maximum atomic E-state index is 13.5. The van der Waals surface area contributed by atoms with Crippen LogP contribution in [-0.2, 0) is 11.2 Å². The molecular weight excluding hydrogens is 402 g/mol. The summed E-state index contributed by atoms with van der Waals surface area (Å²) in [5, 5.41) is 3.46. The van der Waals surface area contributed by atoms with Gasteiger partial charge in [-0.05, 0) is 63.9 Å². The predicted octanol–water partition coefficient (Wildman–Crippen LogP) is 5.19. The lowest BCUT2D eigenvalue weighted by atomic mass is 10.1. The molecule has 0 saturated heterocycles. The van der Waals surface area contributed by atoms with Crippen molar-refractivity contribution in [3.8, 4) is 5.69 Å².